The summed E-state index contributed by atoms with van der Waals surface area (Å²) in [4.78, 5) is 11.2. The van der Waals surface area contributed by atoms with Gasteiger partial charge in [-0.1, -0.05) is 12.2 Å². The van der Waals surface area contributed by atoms with Gasteiger partial charge in [-0.3, -0.25) is 4.55 Å². The molecule has 0 spiro atoms. The number of rotatable bonds is 4. The van der Waals surface area contributed by atoms with E-state index in [0.29, 0.717) is 6.42 Å². The van der Waals surface area contributed by atoms with Crippen LogP contribution in [0.1, 0.15) is 12.8 Å². The van der Waals surface area contributed by atoms with E-state index in [1.54, 1.807) is 0 Å². The first-order valence-corrected chi connectivity index (χ1v) is 7.49. The van der Waals surface area contributed by atoms with Crippen LogP contribution in [-0.4, -0.2) is 36.7 Å². The Hall–Kier alpha value is -1.16. The molecule has 0 aliphatic heterocycles. The summed E-state index contributed by atoms with van der Waals surface area (Å²) in [5.41, 5.74) is 0. The predicted molar refractivity (Wildman–Crippen MR) is 61.2 cm³/mol. The third kappa shape index (κ3) is 2.66. The van der Waals surface area contributed by atoms with Gasteiger partial charge in [-0.05, 0) is 30.6 Å². The van der Waals surface area contributed by atoms with Crippen molar-refractivity contribution in [1.82, 2.24) is 0 Å². The molecule has 0 radical (unpaired) electrons. The van der Waals surface area contributed by atoms with Crippen LogP contribution in [0.15, 0.2) is 12.2 Å². The van der Waals surface area contributed by atoms with Crippen LogP contribution in [0.25, 0.3) is 0 Å². The Kier molecular flexibility index (Phi) is 3.81. The van der Waals surface area contributed by atoms with Gasteiger partial charge in [0.25, 0.3) is 0 Å². The first-order chi connectivity index (χ1) is 9.47. The van der Waals surface area contributed by atoms with E-state index >= 15 is 0 Å². The van der Waals surface area contributed by atoms with Gasteiger partial charge < -0.3 is 4.74 Å². The minimum Gasteiger partial charge on any atom is -0.462 e. The number of hydrogen-bond acceptors (Lipinski definition) is 4. The van der Waals surface area contributed by atoms with Gasteiger partial charge in [0.15, 0.2) is 0 Å². The van der Waals surface area contributed by atoms with Crippen LogP contribution in [-0.2, 0) is 19.6 Å². The van der Waals surface area contributed by atoms with Gasteiger partial charge in [0, 0.05) is 0 Å². The Morgan fingerprint density at radius 3 is 2.24 bits per heavy atom. The number of ether oxygens (including phenoxy) is 1. The van der Waals surface area contributed by atoms with E-state index in [1.807, 2.05) is 12.2 Å². The standard InChI is InChI=1S/C11H12F4O5S/c12-10(11(13,14)15,21(17,18)19)9(16)20-5-8-4-6-1-2-7(8)3-6/h1-2,6-8H,3-5H2,(H,17,18,19). The Bertz CT molecular complexity index is 570. The molecule has 2 aliphatic rings. The normalized spacial score (nSPS) is 31.2. The second-order valence-corrected chi connectivity index (χ2v) is 6.72. The number of alkyl halides is 4. The molecule has 4 atom stereocenters. The van der Waals surface area contributed by atoms with Gasteiger partial charge >= 0.3 is 27.3 Å². The topological polar surface area (TPSA) is 80.7 Å². The van der Waals surface area contributed by atoms with Crippen LogP contribution >= 0.6 is 0 Å². The minimum absolute atomic E-state index is 0.0217. The van der Waals surface area contributed by atoms with E-state index in [0.717, 1.165) is 6.42 Å². The maximum absolute atomic E-state index is 13.6. The SMILES string of the molecule is O=C(OCC1CC2C=CC1C2)C(F)(C(F)(F)F)S(=O)(=O)O. The molecule has 0 aromatic carbocycles. The van der Waals surface area contributed by atoms with Crippen molar-refractivity contribution in [3.05, 3.63) is 12.2 Å². The summed E-state index contributed by atoms with van der Waals surface area (Å²) in [6.07, 6.45) is -1.00. The summed E-state index contributed by atoms with van der Waals surface area (Å²) in [5, 5.41) is -5.46. The third-order valence-electron chi connectivity index (χ3n) is 3.83. The van der Waals surface area contributed by atoms with Crippen molar-refractivity contribution >= 4 is 16.1 Å². The fourth-order valence-corrected chi connectivity index (χ4v) is 3.29. The lowest BCUT2D eigenvalue weighted by atomic mass is 9.95. The van der Waals surface area contributed by atoms with Gasteiger partial charge in [-0.2, -0.15) is 21.6 Å². The predicted octanol–water partition coefficient (Wildman–Crippen LogP) is 1.86. The largest absolute Gasteiger partial charge is 0.462 e. The van der Waals surface area contributed by atoms with Crippen LogP contribution < -0.4 is 0 Å². The van der Waals surface area contributed by atoms with Crippen LogP contribution in [0.3, 0.4) is 0 Å². The molecule has 1 N–H and O–H groups in total. The summed E-state index contributed by atoms with van der Waals surface area (Å²) in [6.45, 7) is -0.526. The number of hydrogen-bond donors (Lipinski definition) is 1. The van der Waals surface area contributed by atoms with E-state index in [2.05, 4.69) is 4.74 Å². The zero-order valence-electron chi connectivity index (χ0n) is 10.5. The highest BCUT2D eigenvalue weighted by atomic mass is 32.2. The molecule has 0 amide bonds. The summed E-state index contributed by atoms with van der Waals surface area (Å²) < 4.78 is 84.9. The van der Waals surface area contributed by atoms with Crippen LogP contribution in [0.2, 0.25) is 0 Å². The van der Waals surface area contributed by atoms with Gasteiger partial charge in [0.1, 0.15) is 0 Å². The van der Waals surface area contributed by atoms with Crippen molar-refractivity contribution in [3.8, 4) is 0 Å². The van der Waals surface area contributed by atoms with Crippen molar-refractivity contribution in [2.45, 2.75) is 24.0 Å². The highest BCUT2D eigenvalue weighted by molar-refractivity contribution is 7.88. The maximum atomic E-state index is 13.6. The first-order valence-electron chi connectivity index (χ1n) is 6.05. The van der Waals surface area contributed by atoms with Crippen molar-refractivity contribution in [2.24, 2.45) is 17.8 Å². The number of fused-ring (bicyclic) bond motifs is 2. The van der Waals surface area contributed by atoms with Crippen molar-refractivity contribution in [2.75, 3.05) is 6.61 Å². The average Bonchev–Trinajstić information content (AvgIpc) is 2.93. The number of esters is 1. The third-order valence-corrected chi connectivity index (χ3v) is 4.94. The molecule has 2 bridgehead atoms. The molecular weight excluding hydrogens is 320 g/mol. The molecule has 4 unspecified atom stereocenters. The molecule has 5 nitrogen and oxygen atoms in total. The lowest BCUT2D eigenvalue weighted by Gasteiger charge is -2.24. The Morgan fingerprint density at radius 2 is 1.86 bits per heavy atom. The smallest absolute Gasteiger partial charge is 0.451 e. The average molecular weight is 332 g/mol. The van der Waals surface area contributed by atoms with Gasteiger partial charge in [0.05, 0.1) is 6.61 Å². The molecule has 0 saturated heterocycles. The van der Waals surface area contributed by atoms with Crippen LogP contribution in [0.5, 0.6) is 0 Å². The highest BCUT2D eigenvalue weighted by Gasteiger charge is 2.72. The van der Waals surface area contributed by atoms with Crippen LogP contribution in [0, 0.1) is 17.8 Å². The van der Waals surface area contributed by atoms with Gasteiger partial charge in [-0.25, -0.2) is 9.18 Å². The van der Waals surface area contributed by atoms with Crippen molar-refractivity contribution in [3.63, 3.8) is 0 Å². The van der Waals surface area contributed by atoms with E-state index < -0.39 is 33.9 Å². The summed E-state index contributed by atoms with van der Waals surface area (Å²) in [6, 6.07) is 0. The molecule has 21 heavy (non-hydrogen) atoms. The molecule has 120 valence electrons. The number of carbonyl (C=O) groups excluding carboxylic acids is 1. The zero-order chi connectivity index (χ0) is 16.1. The second-order valence-electron chi connectivity index (χ2n) is 5.21. The summed E-state index contributed by atoms with van der Waals surface area (Å²) in [7, 11) is -6.36. The lowest BCUT2D eigenvalue weighted by Crippen LogP contribution is -2.55. The number of allylic oxidation sites excluding steroid dienone is 2. The molecule has 1 fully saturated rings. The molecule has 2 aliphatic carbocycles. The molecular formula is C11H12F4O5S. The fraction of sp³-hybridized carbons (Fsp3) is 0.727. The Labute approximate surface area is 117 Å². The number of carbonyl (C=O) groups is 1. The molecule has 10 heteroatoms. The monoisotopic (exact) mass is 332 g/mol. The quantitative estimate of drug-likeness (QED) is 0.368. The van der Waals surface area contributed by atoms with Crippen molar-refractivity contribution < 1.29 is 40.1 Å². The summed E-state index contributed by atoms with van der Waals surface area (Å²) in [5.74, 6) is -2.67. The lowest BCUT2D eigenvalue weighted by molar-refractivity contribution is -0.215. The Morgan fingerprint density at radius 1 is 1.24 bits per heavy atom. The molecule has 1 saturated carbocycles. The molecule has 0 aromatic heterocycles. The Balaban J connectivity index is 2.08. The van der Waals surface area contributed by atoms with Gasteiger partial charge in [-0.15, -0.1) is 0 Å². The van der Waals surface area contributed by atoms with Crippen LogP contribution in [0.4, 0.5) is 17.6 Å². The number of halogens is 4. The van der Waals surface area contributed by atoms with E-state index in [-0.39, 0.29) is 17.8 Å². The van der Waals surface area contributed by atoms with E-state index in [1.165, 1.54) is 0 Å². The molecule has 2 rings (SSSR count). The van der Waals surface area contributed by atoms with Crippen molar-refractivity contribution in [1.29, 1.82) is 0 Å². The molecule has 0 aromatic rings. The van der Waals surface area contributed by atoms with E-state index in [4.69, 9.17) is 4.55 Å². The molecule has 0 heterocycles. The summed E-state index contributed by atoms with van der Waals surface area (Å²) >= 11 is 0. The first kappa shape index (κ1) is 16.2. The minimum atomic E-state index is -6.36. The second kappa shape index (κ2) is 4.94. The zero-order valence-corrected chi connectivity index (χ0v) is 11.3. The highest BCUT2D eigenvalue weighted by Crippen LogP contribution is 2.44. The fourth-order valence-electron chi connectivity index (χ4n) is 2.73. The van der Waals surface area contributed by atoms with Gasteiger partial charge in [0.2, 0.25) is 0 Å². The van der Waals surface area contributed by atoms with E-state index in [9.17, 15) is 30.8 Å². The maximum Gasteiger partial charge on any atom is 0.451 e.